The number of amides is 2. The van der Waals surface area contributed by atoms with Crippen LogP contribution in [0.3, 0.4) is 0 Å². The normalized spacial score (nSPS) is 15.6. The quantitative estimate of drug-likeness (QED) is 0.699. The van der Waals surface area contributed by atoms with Crippen LogP contribution in [-0.2, 0) is 14.8 Å². The van der Waals surface area contributed by atoms with Gasteiger partial charge in [-0.25, -0.2) is 12.7 Å². The van der Waals surface area contributed by atoms with E-state index in [0.29, 0.717) is 37.1 Å². The number of carbonyl (C=O) groups is 2. The Morgan fingerprint density at radius 1 is 1.18 bits per heavy atom. The van der Waals surface area contributed by atoms with Gasteiger partial charge in [0.1, 0.15) is 0 Å². The molecule has 156 valence electrons. The lowest BCUT2D eigenvalue weighted by Gasteiger charge is -2.20. The van der Waals surface area contributed by atoms with Crippen molar-refractivity contribution in [2.75, 3.05) is 33.7 Å². The minimum absolute atomic E-state index is 0.151. The molecule has 2 rings (SSSR count). The number of likely N-dealkylation sites (tertiary alicyclic amines) is 1. The zero-order valence-electron chi connectivity index (χ0n) is 17.2. The van der Waals surface area contributed by atoms with Crippen LogP contribution < -0.4 is 5.32 Å². The molecule has 0 unspecified atom stereocenters. The van der Waals surface area contributed by atoms with Crippen molar-refractivity contribution in [3.8, 4) is 0 Å². The van der Waals surface area contributed by atoms with Crippen LogP contribution in [0.5, 0.6) is 0 Å². The molecule has 0 bridgehead atoms. The molecule has 8 heteroatoms. The van der Waals surface area contributed by atoms with Gasteiger partial charge in [-0.05, 0) is 56.4 Å². The number of sulfonamides is 1. The van der Waals surface area contributed by atoms with Crippen LogP contribution in [0, 0.1) is 13.8 Å². The molecule has 0 aliphatic carbocycles. The van der Waals surface area contributed by atoms with Crippen LogP contribution in [-0.4, -0.2) is 63.2 Å². The summed E-state index contributed by atoms with van der Waals surface area (Å²) < 4.78 is 26.2. The summed E-state index contributed by atoms with van der Waals surface area (Å²) in [5.41, 5.74) is 1.72. The standard InChI is InChI=1S/C20H31N3O4S/c1-15-13-17(14-18(16(15)2)28(26,27)22(3)4)20(25)21-10-8-12-23-11-7-5-6-9-19(23)24/h13-14H,5-12H2,1-4H3,(H,21,25). The van der Waals surface area contributed by atoms with Gasteiger partial charge in [0.15, 0.2) is 0 Å². The summed E-state index contributed by atoms with van der Waals surface area (Å²) in [4.78, 5) is 26.5. The van der Waals surface area contributed by atoms with Crippen LogP contribution in [0.4, 0.5) is 0 Å². The lowest BCUT2D eigenvalue weighted by Crippen LogP contribution is -2.34. The van der Waals surface area contributed by atoms with Gasteiger partial charge in [0.25, 0.3) is 5.91 Å². The third-order valence-electron chi connectivity index (χ3n) is 5.20. The van der Waals surface area contributed by atoms with E-state index in [4.69, 9.17) is 0 Å². The number of nitrogens with zero attached hydrogens (tertiary/aromatic N) is 2. The fraction of sp³-hybridized carbons (Fsp3) is 0.600. The highest BCUT2D eigenvalue weighted by atomic mass is 32.2. The molecule has 0 radical (unpaired) electrons. The Kier molecular flexibility index (Phi) is 7.60. The third-order valence-corrected chi connectivity index (χ3v) is 7.14. The minimum Gasteiger partial charge on any atom is -0.352 e. The van der Waals surface area contributed by atoms with Crippen molar-refractivity contribution in [1.29, 1.82) is 0 Å². The van der Waals surface area contributed by atoms with E-state index >= 15 is 0 Å². The van der Waals surface area contributed by atoms with Crippen LogP contribution >= 0.6 is 0 Å². The van der Waals surface area contributed by atoms with Crippen molar-refractivity contribution in [3.05, 3.63) is 28.8 Å². The average molecular weight is 410 g/mol. The molecule has 2 amide bonds. The molecular weight excluding hydrogens is 378 g/mol. The molecule has 1 aromatic carbocycles. The maximum atomic E-state index is 12.5. The number of aryl methyl sites for hydroxylation is 1. The van der Waals surface area contributed by atoms with Gasteiger partial charge in [0.05, 0.1) is 4.90 Å². The van der Waals surface area contributed by atoms with Gasteiger partial charge in [0, 0.05) is 45.7 Å². The smallest absolute Gasteiger partial charge is 0.251 e. The van der Waals surface area contributed by atoms with E-state index in [-0.39, 0.29) is 16.7 Å². The van der Waals surface area contributed by atoms with Crippen LogP contribution in [0.1, 0.15) is 53.6 Å². The van der Waals surface area contributed by atoms with E-state index in [1.807, 2.05) is 4.90 Å². The van der Waals surface area contributed by atoms with Crippen molar-refractivity contribution in [3.63, 3.8) is 0 Å². The van der Waals surface area contributed by atoms with E-state index in [0.717, 1.165) is 35.7 Å². The predicted molar refractivity (Wildman–Crippen MR) is 109 cm³/mol. The molecule has 1 aliphatic heterocycles. The second-order valence-electron chi connectivity index (χ2n) is 7.50. The first kappa shape index (κ1) is 22.4. The van der Waals surface area contributed by atoms with E-state index in [2.05, 4.69) is 5.32 Å². The molecule has 0 aromatic heterocycles. The van der Waals surface area contributed by atoms with Crippen molar-refractivity contribution in [2.24, 2.45) is 0 Å². The number of rotatable bonds is 7. The Bertz CT molecular complexity index is 834. The van der Waals surface area contributed by atoms with Gasteiger partial charge in [0.2, 0.25) is 15.9 Å². The summed E-state index contributed by atoms with van der Waals surface area (Å²) in [5, 5.41) is 2.84. The second kappa shape index (κ2) is 9.52. The molecule has 0 saturated carbocycles. The maximum Gasteiger partial charge on any atom is 0.251 e. The van der Waals surface area contributed by atoms with Crippen LogP contribution in [0.15, 0.2) is 17.0 Å². The molecule has 0 atom stereocenters. The number of carbonyl (C=O) groups excluding carboxylic acids is 2. The van der Waals surface area contributed by atoms with Crippen molar-refractivity contribution in [2.45, 2.75) is 50.8 Å². The molecule has 1 saturated heterocycles. The Morgan fingerprint density at radius 2 is 1.89 bits per heavy atom. The summed E-state index contributed by atoms with van der Waals surface area (Å²) in [6, 6.07) is 3.14. The second-order valence-corrected chi connectivity index (χ2v) is 9.62. The van der Waals surface area contributed by atoms with Crippen LogP contribution in [0.25, 0.3) is 0 Å². The maximum absolute atomic E-state index is 12.5. The van der Waals surface area contributed by atoms with Crippen molar-refractivity contribution in [1.82, 2.24) is 14.5 Å². The highest BCUT2D eigenvalue weighted by Gasteiger charge is 2.23. The number of nitrogens with one attached hydrogen (secondary N) is 1. The van der Waals surface area contributed by atoms with E-state index in [1.54, 1.807) is 19.9 Å². The number of benzene rings is 1. The highest BCUT2D eigenvalue weighted by molar-refractivity contribution is 7.89. The molecule has 0 spiro atoms. The summed E-state index contributed by atoms with van der Waals surface area (Å²) in [6.45, 7) is 5.39. The molecule has 1 aromatic rings. The lowest BCUT2D eigenvalue weighted by molar-refractivity contribution is -0.130. The van der Waals surface area contributed by atoms with Gasteiger partial charge in [-0.2, -0.15) is 0 Å². The molecule has 1 fully saturated rings. The SMILES string of the molecule is Cc1cc(C(=O)NCCCN2CCCCCC2=O)cc(S(=O)(=O)N(C)C)c1C. The minimum atomic E-state index is -3.63. The van der Waals surface area contributed by atoms with Crippen molar-refractivity contribution >= 4 is 21.8 Å². The highest BCUT2D eigenvalue weighted by Crippen LogP contribution is 2.23. The Morgan fingerprint density at radius 3 is 2.57 bits per heavy atom. The molecule has 1 N–H and O–H groups in total. The van der Waals surface area contributed by atoms with E-state index in [9.17, 15) is 18.0 Å². The first-order valence-electron chi connectivity index (χ1n) is 9.74. The lowest BCUT2D eigenvalue weighted by atomic mass is 10.1. The largest absolute Gasteiger partial charge is 0.352 e. The fourth-order valence-corrected chi connectivity index (χ4v) is 4.49. The number of hydrogen-bond donors (Lipinski definition) is 1. The van der Waals surface area contributed by atoms with E-state index in [1.165, 1.54) is 20.2 Å². The number of hydrogen-bond acceptors (Lipinski definition) is 4. The molecule has 1 aliphatic rings. The Labute approximate surface area is 168 Å². The first-order chi connectivity index (χ1) is 13.1. The molecule has 28 heavy (non-hydrogen) atoms. The molecule has 1 heterocycles. The Hall–Kier alpha value is -1.93. The van der Waals surface area contributed by atoms with Gasteiger partial charge in [-0.15, -0.1) is 0 Å². The van der Waals surface area contributed by atoms with Gasteiger partial charge in [-0.1, -0.05) is 6.42 Å². The van der Waals surface area contributed by atoms with Crippen molar-refractivity contribution < 1.29 is 18.0 Å². The van der Waals surface area contributed by atoms with Crippen LogP contribution in [0.2, 0.25) is 0 Å². The fourth-order valence-electron chi connectivity index (χ4n) is 3.27. The Balaban J connectivity index is 2.00. The summed E-state index contributed by atoms with van der Waals surface area (Å²) in [6.07, 6.45) is 4.36. The van der Waals surface area contributed by atoms with Gasteiger partial charge >= 0.3 is 0 Å². The molecule has 7 nitrogen and oxygen atoms in total. The predicted octanol–water partition coefficient (Wildman–Crippen LogP) is 2.08. The first-order valence-corrected chi connectivity index (χ1v) is 11.2. The molecular formula is C20H31N3O4S. The summed E-state index contributed by atoms with van der Waals surface area (Å²) >= 11 is 0. The topological polar surface area (TPSA) is 86.8 Å². The average Bonchev–Trinajstić information content (AvgIpc) is 2.84. The zero-order valence-corrected chi connectivity index (χ0v) is 18.1. The van der Waals surface area contributed by atoms with E-state index < -0.39 is 10.0 Å². The monoisotopic (exact) mass is 409 g/mol. The summed E-state index contributed by atoms with van der Waals surface area (Å²) in [7, 11) is -0.680. The summed E-state index contributed by atoms with van der Waals surface area (Å²) in [5.74, 6) is -0.114. The van der Waals surface area contributed by atoms with Gasteiger partial charge < -0.3 is 10.2 Å². The third kappa shape index (κ3) is 5.32. The zero-order chi connectivity index (χ0) is 20.9. The van der Waals surface area contributed by atoms with Gasteiger partial charge in [-0.3, -0.25) is 9.59 Å².